The largest absolute Gasteiger partial charge is 0.342 e. The van der Waals surface area contributed by atoms with E-state index in [0.29, 0.717) is 25.0 Å². The van der Waals surface area contributed by atoms with Gasteiger partial charge in [0.05, 0.1) is 18.2 Å². The van der Waals surface area contributed by atoms with Crippen LogP contribution in [-0.4, -0.2) is 63.4 Å². The maximum Gasteiger partial charge on any atom is 0.227 e. The van der Waals surface area contributed by atoms with Crippen LogP contribution in [0.5, 0.6) is 0 Å². The maximum atomic E-state index is 12.6. The number of fused-ring (bicyclic) bond motifs is 3. The molecule has 3 saturated heterocycles. The van der Waals surface area contributed by atoms with Crippen molar-refractivity contribution in [2.45, 2.75) is 32.0 Å². The van der Waals surface area contributed by atoms with Gasteiger partial charge in [0.25, 0.3) is 0 Å². The van der Waals surface area contributed by atoms with E-state index >= 15 is 0 Å². The molecule has 0 saturated carbocycles. The molecule has 1 aromatic heterocycles. The highest BCUT2D eigenvalue weighted by Crippen LogP contribution is 2.37. The first-order valence-corrected chi connectivity index (χ1v) is 8.31. The predicted molar refractivity (Wildman–Crippen MR) is 87.3 cm³/mol. The lowest BCUT2D eigenvalue weighted by molar-refractivity contribution is -0.142. The zero-order valence-corrected chi connectivity index (χ0v) is 13.8. The molecule has 0 radical (unpaired) electrons. The van der Waals surface area contributed by atoms with E-state index in [9.17, 15) is 4.79 Å². The molecule has 4 unspecified atom stereocenters. The van der Waals surface area contributed by atoms with Crippen LogP contribution < -0.4 is 5.73 Å². The Morgan fingerprint density at radius 3 is 3.04 bits per heavy atom. The van der Waals surface area contributed by atoms with E-state index in [-0.39, 0.29) is 11.8 Å². The number of nitrogens with two attached hydrogens (primary N) is 1. The van der Waals surface area contributed by atoms with Crippen molar-refractivity contribution in [2.24, 2.45) is 17.6 Å². The quantitative estimate of drug-likeness (QED) is 0.752. The predicted octanol–water partition coefficient (Wildman–Crippen LogP) is 0.0916. The Morgan fingerprint density at radius 2 is 2.43 bits per heavy atom. The summed E-state index contributed by atoms with van der Waals surface area (Å²) in [4.78, 5) is 16.8. The van der Waals surface area contributed by atoms with Crippen LogP contribution in [-0.2, 0) is 17.9 Å². The summed E-state index contributed by atoms with van der Waals surface area (Å²) in [6.07, 6.45) is 5.86. The van der Waals surface area contributed by atoms with Crippen LogP contribution in [0.2, 0.25) is 0 Å². The van der Waals surface area contributed by atoms with E-state index in [4.69, 9.17) is 5.73 Å². The molecule has 0 aromatic carbocycles. The van der Waals surface area contributed by atoms with Crippen molar-refractivity contribution in [2.75, 3.05) is 26.7 Å². The summed E-state index contributed by atoms with van der Waals surface area (Å²) >= 11 is 0. The Kier molecular flexibility index (Phi) is 4.77. The molecule has 1 amide bonds. The van der Waals surface area contributed by atoms with Gasteiger partial charge in [-0.25, -0.2) is 0 Å². The number of hydrogen-bond donors (Lipinski definition) is 1. The highest BCUT2D eigenvalue weighted by atomic mass is 16.2. The fraction of sp³-hybridized carbons (Fsp3) is 0.688. The Morgan fingerprint density at radius 1 is 1.61 bits per heavy atom. The van der Waals surface area contributed by atoms with Gasteiger partial charge in [-0.2, -0.15) is 0 Å². The van der Waals surface area contributed by atoms with Crippen LogP contribution in [0.25, 0.3) is 0 Å². The van der Waals surface area contributed by atoms with Crippen LogP contribution in [0.4, 0.5) is 0 Å². The van der Waals surface area contributed by atoms with Gasteiger partial charge in [0, 0.05) is 38.9 Å². The number of hydrogen-bond acceptors (Lipinski definition) is 5. The molecule has 2 bridgehead atoms. The first-order chi connectivity index (χ1) is 11.1. The van der Waals surface area contributed by atoms with E-state index in [1.165, 1.54) is 0 Å². The van der Waals surface area contributed by atoms with E-state index in [1.807, 2.05) is 17.9 Å². The molecule has 3 fully saturated rings. The van der Waals surface area contributed by atoms with Crippen molar-refractivity contribution < 1.29 is 4.79 Å². The molecule has 3 aliphatic heterocycles. The Balaban J connectivity index is 1.62. The zero-order valence-electron chi connectivity index (χ0n) is 13.8. The lowest BCUT2D eigenvalue weighted by Crippen LogP contribution is -2.58. The van der Waals surface area contributed by atoms with Gasteiger partial charge in [0.15, 0.2) is 0 Å². The Labute approximate surface area is 137 Å². The van der Waals surface area contributed by atoms with Crippen molar-refractivity contribution in [1.82, 2.24) is 24.8 Å². The second-order valence-corrected chi connectivity index (χ2v) is 6.68. The number of carbonyl (C=O) groups is 1. The summed E-state index contributed by atoms with van der Waals surface area (Å²) in [6, 6.07) is 0.440. The fourth-order valence-electron chi connectivity index (χ4n) is 3.91. The highest BCUT2D eigenvalue weighted by Gasteiger charge is 2.43. The average molecular weight is 318 g/mol. The van der Waals surface area contributed by atoms with Gasteiger partial charge in [-0.1, -0.05) is 11.3 Å². The number of rotatable bonds is 6. The number of aromatic nitrogens is 3. The van der Waals surface area contributed by atoms with Crippen LogP contribution in [0.3, 0.4) is 0 Å². The average Bonchev–Trinajstić information content (AvgIpc) is 3.02. The molecule has 0 spiro atoms. The number of likely N-dealkylation sites (N-methyl/N-ethyl adjacent to an activating group) is 1. The molecule has 4 rings (SSSR count). The van der Waals surface area contributed by atoms with Crippen LogP contribution >= 0.6 is 0 Å². The lowest BCUT2D eigenvalue weighted by atomic mass is 9.75. The smallest absolute Gasteiger partial charge is 0.227 e. The normalized spacial score (nSPS) is 29.5. The van der Waals surface area contributed by atoms with Crippen molar-refractivity contribution in [3.8, 4) is 0 Å². The Hall–Kier alpha value is -1.73. The van der Waals surface area contributed by atoms with E-state index in [0.717, 1.165) is 38.2 Å². The van der Waals surface area contributed by atoms with Gasteiger partial charge in [-0.3, -0.25) is 14.4 Å². The van der Waals surface area contributed by atoms with Crippen LogP contribution in [0.1, 0.15) is 18.5 Å². The summed E-state index contributed by atoms with van der Waals surface area (Å²) in [6.45, 7) is 7.51. The number of carbonyl (C=O) groups excluding carboxylic acids is 1. The third-order valence-electron chi connectivity index (χ3n) is 5.17. The summed E-state index contributed by atoms with van der Waals surface area (Å²) in [5.41, 5.74) is 6.41. The van der Waals surface area contributed by atoms with Gasteiger partial charge in [-0.15, -0.1) is 11.7 Å². The minimum absolute atomic E-state index is 0.125. The molecule has 0 aliphatic carbocycles. The molecule has 2 N–H and O–H groups in total. The van der Waals surface area contributed by atoms with Gasteiger partial charge >= 0.3 is 0 Å². The molecule has 1 aromatic rings. The van der Waals surface area contributed by atoms with Gasteiger partial charge in [0.1, 0.15) is 0 Å². The molecular formula is C16H26N6O. The van der Waals surface area contributed by atoms with Crippen molar-refractivity contribution in [1.29, 1.82) is 0 Å². The van der Waals surface area contributed by atoms with Gasteiger partial charge in [0.2, 0.25) is 5.91 Å². The topological polar surface area (TPSA) is 80.3 Å². The maximum absolute atomic E-state index is 12.6. The van der Waals surface area contributed by atoms with Gasteiger partial charge in [-0.05, 0) is 25.3 Å². The molecule has 23 heavy (non-hydrogen) atoms. The molecule has 4 atom stereocenters. The van der Waals surface area contributed by atoms with Gasteiger partial charge < -0.3 is 10.6 Å². The molecule has 126 valence electrons. The standard InChI is InChI=1S/C16H26N6O/c1-3-5-20(2)16(23)15-11-21-6-4-12(15)7-14(21)10-22-9-13(8-17)18-19-22/h3,9,12,14-15H,1,4-8,10-11,17H2,2H3. The third kappa shape index (κ3) is 3.30. The Bertz CT molecular complexity index is 571. The molecule has 4 heterocycles. The van der Waals surface area contributed by atoms with Crippen molar-refractivity contribution in [3.05, 3.63) is 24.5 Å². The first-order valence-electron chi connectivity index (χ1n) is 8.31. The minimum Gasteiger partial charge on any atom is -0.342 e. The molecular weight excluding hydrogens is 292 g/mol. The minimum atomic E-state index is 0.125. The second kappa shape index (κ2) is 6.80. The monoisotopic (exact) mass is 318 g/mol. The lowest BCUT2D eigenvalue weighted by Gasteiger charge is -2.49. The van der Waals surface area contributed by atoms with E-state index < -0.39 is 0 Å². The molecule has 7 heteroatoms. The number of piperidine rings is 3. The fourth-order valence-corrected chi connectivity index (χ4v) is 3.91. The summed E-state index contributed by atoms with van der Waals surface area (Å²) < 4.78 is 1.88. The van der Waals surface area contributed by atoms with E-state index in [1.54, 1.807) is 11.0 Å². The third-order valence-corrected chi connectivity index (χ3v) is 5.17. The summed E-state index contributed by atoms with van der Waals surface area (Å²) in [5, 5.41) is 8.19. The molecule has 7 nitrogen and oxygen atoms in total. The second-order valence-electron chi connectivity index (χ2n) is 6.68. The highest BCUT2D eigenvalue weighted by molar-refractivity contribution is 5.79. The summed E-state index contributed by atoms with van der Waals surface area (Å²) in [5.74, 6) is 0.854. The van der Waals surface area contributed by atoms with Crippen molar-refractivity contribution >= 4 is 5.91 Å². The van der Waals surface area contributed by atoms with E-state index in [2.05, 4.69) is 21.8 Å². The zero-order chi connectivity index (χ0) is 16.4. The SMILES string of the molecule is C=CCN(C)C(=O)C1CN2CCC1CC2Cn1cc(CN)nn1. The summed E-state index contributed by atoms with van der Waals surface area (Å²) in [7, 11) is 1.86. The molecule has 3 aliphatic rings. The van der Waals surface area contributed by atoms with Crippen molar-refractivity contribution in [3.63, 3.8) is 0 Å². The first kappa shape index (κ1) is 16.1. The number of amides is 1. The van der Waals surface area contributed by atoms with Crippen LogP contribution in [0.15, 0.2) is 18.9 Å². The van der Waals surface area contributed by atoms with Crippen LogP contribution in [0, 0.1) is 11.8 Å². The number of nitrogens with zero attached hydrogens (tertiary/aromatic N) is 5.